The predicted octanol–water partition coefficient (Wildman–Crippen LogP) is 6.82. The second kappa shape index (κ2) is 6.47. The lowest BCUT2D eigenvalue weighted by molar-refractivity contribution is -0.273. The van der Waals surface area contributed by atoms with Crippen LogP contribution in [-0.2, 0) is 9.47 Å². The number of hydrogen-bond donors (Lipinski definition) is 0. The van der Waals surface area contributed by atoms with Gasteiger partial charge >= 0.3 is 0 Å². The molecule has 6 rings (SSSR count). The maximum absolute atomic E-state index is 6.92. The average molecular weight is 401 g/mol. The molecule has 4 aliphatic carbocycles. The Morgan fingerprint density at radius 2 is 1.66 bits per heavy atom. The van der Waals surface area contributed by atoms with E-state index in [0.717, 1.165) is 42.6 Å². The van der Waals surface area contributed by atoms with E-state index in [-0.39, 0.29) is 5.79 Å². The molecule has 0 bridgehead atoms. The van der Waals surface area contributed by atoms with E-state index < -0.39 is 0 Å². The van der Waals surface area contributed by atoms with Crippen LogP contribution in [0.2, 0.25) is 0 Å². The van der Waals surface area contributed by atoms with Crippen molar-refractivity contribution in [2.24, 2.45) is 52.3 Å². The zero-order chi connectivity index (χ0) is 20.0. The highest BCUT2D eigenvalue weighted by atomic mass is 16.7. The Morgan fingerprint density at radius 1 is 0.793 bits per heavy atom. The molecule has 11 atom stereocenters. The van der Waals surface area contributed by atoms with Crippen molar-refractivity contribution in [3.8, 4) is 0 Å². The van der Waals surface area contributed by atoms with Gasteiger partial charge in [0.05, 0.1) is 12.7 Å². The molecular formula is C27H44O2. The smallest absolute Gasteiger partial charge is 0.171 e. The fourth-order valence-corrected chi connectivity index (χ4v) is 10.3. The molecule has 2 heterocycles. The first kappa shape index (κ1) is 19.6. The number of fused-ring (bicyclic) bond motifs is 7. The molecule has 1 unspecified atom stereocenters. The average Bonchev–Trinajstić information content (AvgIpc) is 3.15. The topological polar surface area (TPSA) is 18.5 Å². The van der Waals surface area contributed by atoms with Gasteiger partial charge in [-0.3, -0.25) is 0 Å². The third-order valence-electron chi connectivity index (χ3n) is 11.9. The highest BCUT2D eigenvalue weighted by Crippen LogP contribution is 2.71. The minimum Gasteiger partial charge on any atom is -0.349 e. The molecule has 0 aromatic heterocycles. The molecule has 0 aromatic carbocycles. The SMILES string of the molecule is C[C@@H]1CC[C@@]2(OC1)O[C@H]1C[C@H]3[C@@H]4CCC5CCCC[C@]5(C)[C@H]4CC[C@]3(C)[C@H]1[C@@H]2C. The van der Waals surface area contributed by atoms with Crippen molar-refractivity contribution in [1.82, 2.24) is 0 Å². The van der Waals surface area contributed by atoms with Crippen LogP contribution in [0.15, 0.2) is 0 Å². The zero-order valence-electron chi connectivity index (χ0n) is 19.4. The van der Waals surface area contributed by atoms with E-state index in [1.165, 1.54) is 64.2 Å². The van der Waals surface area contributed by atoms with E-state index in [1.54, 1.807) is 0 Å². The summed E-state index contributed by atoms with van der Waals surface area (Å²) in [5.41, 5.74) is 1.13. The molecule has 2 saturated heterocycles. The summed E-state index contributed by atoms with van der Waals surface area (Å²) < 4.78 is 13.4. The van der Waals surface area contributed by atoms with Crippen LogP contribution in [0.1, 0.15) is 98.3 Å². The van der Waals surface area contributed by atoms with Crippen LogP contribution in [0.4, 0.5) is 0 Å². The molecule has 1 spiro atoms. The molecule has 0 amide bonds. The molecule has 6 aliphatic rings. The summed E-state index contributed by atoms with van der Waals surface area (Å²) in [6, 6.07) is 0. The van der Waals surface area contributed by atoms with Crippen LogP contribution >= 0.6 is 0 Å². The Bertz CT molecular complexity index is 651. The van der Waals surface area contributed by atoms with Crippen molar-refractivity contribution >= 4 is 0 Å². The standard InChI is InChI=1S/C27H44O2/c1-17-10-14-27(28-16-17)18(2)24-23(29-27)15-22-20-9-8-19-7-5-6-12-25(19,3)21(20)11-13-26(22,24)4/h17-24H,5-16H2,1-4H3/t17-,18+,19?,20-,21+,22+,23+,24+,25+,26+,27-/m1/s1. The van der Waals surface area contributed by atoms with E-state index in [0.29, 0.717) is 28.8 Å². The van der Waals surface area contributed by atoms with Gasteiger partial charge in [-0.2, -0.15) is 0 Å². The quantitative estimate of drug-likeness (QED) is 0.444. The van der Waals surface area contributed by atoms with E-state index in [9.17, 15) is 0 Å². The van der Waals surface area contributed by atoms with Gasteiger partial charge in [-0.15, -0.1) is 0 Å². The summed E-state index contributed by atoms with van der Waals surface area (Å²) in [6.45, 7) is 11.1. The summed E-state index contributed by atoms with van der Waals surface area (Å²) in [4.78, 5) is 0. The first-order valence-electron chi connectivity index (χ1n) is 13.2. The van der Waals surface area contributed by atoms with Gasteiger partial charge in [0, 0.05) is 12.3 Å². The molecule has 2 heteroatoms. The van der Waals surface area contributed by atoms with Crippen molar-refractivity contribution < 1.29 is 9.47 Å². The Morgan fingerprint density at radius 3 is 2.45 bits per heavy atom. The summed E-state index contributed by atoms with van der Waals surface area (Å²) >= 11 is 0. The summed E-state index contributed by atoms with van der Waals surface area (Å²) in [6.07, 6.45) is 16.2. The van der Waals surface area contributed by atoms with Crippen LogP contribution in [0.25, 0.3) is 0 Å². The molecular weight excluding hydrogens is 356 g/mol. The molecule has 0 N–H and O–H groups in total. The van der Waals surface area contributed by atoms with Gasteiger partial charge in [-0.05, 0) is 97.7 Å². The molecule has 29 heavy (non-hydrogen) atoms. The lowest BCUT2D eigenvalue weighted by atomic mass is 9.44. The third-order valence-corrected chi connectivity index (χ3v) is 11.9. The van der Waals surface area contributed by atoms with E-state index >= 15 is 0 Å². The first-order valence-corrected chi connectivity index (χ1v) is 13.2. The molecule has 0 aromatic rings. The van der Waals surface area contributed by atoms with Gasteiger partial charge in [0.2, 0.25) is 0 Å². The number of hydrogen-bond acceptors (Lipinski definition) is 2. The minimum absolute atomic E-state index is 0.250. The maximum Gasteiger partial charge on any atom is 0.171 e. The second-order valence-electron chi connectivity index (χ2n) is 12.9. The van der Waals surface area contributed by atoms with Gasteiger partial charge in [-0.25, -0.2) is 0 Å². The van der Waals surface area contributed by atoms with Gasteiger partial charge < -0.3 is 9.47 Å². The Kier molecular flexibility index (Phi) is 4.37. The lowest BCUT2D eigenvalue weighted by Crippen LogP contribution is -2.54. The van der Waals surface area contributed by atoms with Crippen molar-refractivity contribution in [3.63, 3.8) is 0 Å². The van der Waals surface area contributed by atoms with Crippen LogP contribution in [0.5, 0.6) is 0 Å². The first-order chi connectivity index (χ1) is 13.9. The highest BCUT2D eigenvalue weighted by molar-refractivity contribution is 5.15. The summed E-state index contributed by atoms with van der Waals surface area (Å²) in [5.74, 6) is 5.62. The molecule has 0 radical (unpaired) electrons. The molecule has 2 aliphatic heterocycles. The summed E-state index contributed by atoms with van der Waals surface area (Å²) in [5, 5.41) is 0. The Hall–Kier alpha value is -0.0800. The van der Waals surface area contributed by atoms with Gasteiger partial charge in [-0.1, -0.05) is 40.5 Å². The largest absolute Gasteiger partial charge is 0.349 e. The van der Waals surface area contributed by atoms with Gasteiger partial charge in [0.25, 0.3) is 0 Å². The van der Waals surface area contributed by atoms with E-state index in [2.05, 4.69) is 27.7 Å². The molecule has 4 saturated carbocycles. The Balaban J connectivity index is 1.27. The second-order valence-corrected chi connectivity index (χ2v) is 12.9. The maximum atomic E-state index is 6.92. The molecule has 164 valence electrons. The van der Waals surface area contributed by atoms with Crippen molar-refractivity contribution in [3.05, 3.63) is 0 Å². The number of rotatable bonds is 0. The predicted molar refractivity (Wildman–Crippen MR) is 116 cm³/mol. The van der Waals surface area contributed by atoms with E-state index in [4.69, 9.17) is 9.47 Å². The monoisotopic (exact) mass is 400 g/mol. The third kappa shape index (κ3) is 2.54. The lowest BCUT2D eigenvalue weighted by Gasteiger charge is -2.61. The van der Waals surface area contributed by atoms with Crippen LogP contribution < -0.4 is 0 Å². The number of ether oxygens (including phenoxy) is 2. The van der Waals surface area contributed by atoms with Gasteiger partial charge in [0.15, 0.2) is 5.79 Å². The minimum atomic E-state index is -0.250. The van der Waals surface area contributed by atoms with Crippen molar-refractivity contribution in [2.75, 3.05) is 6.61 Å². The van der Waals surface area contributed by atoms with Crippen LogP contribution in [0, 0.1) is 52.3 Å². The fourth-order valence-electron chi connectivity index (χ4n) is 10.3. The normalized spacial score (nSPS) is 61.7. The van der Waals surface area contributed by atoms with E-state index in [1.807, 2.05) is 0 Å². The van der Waals surface area contributed by atoms with Crippen molar-refractivity contribution in [2.45, 2.75) is 110 Å². The van der Waals surface area contributed by atoms with Crippen LogP contribution in [-0.4, -0.2) is 18.5 Å². The highest BCUT2D eigenvalue weighted by Gasteiger charge is 2.68. The van der Waals surface area contributed by atoms with Gasteiger partial charge in [0.1, 0.15) is 0 Å². The van der Waals surface area contributed by atoms with Crippen molar-refractivity contribution in [1.29, 1.82) is 0 Å². The molecule has 2 nitrogen and oxygen atoms in total. The zero-order valence-corrected chi connectivity index (χ0v) is 19.4. The molecule has 6 fully saturated rings. The Labute approximate surface area is 178 Å². The summed E-state index contributed by atoms with van der Waals surface area (Å²) in [7, 11) is 0. The van der Waals surface area contributed by atoms with Crippen LogP contribution in [0.3, 0.4) is 0 Å². The fraction of sp³-hybridized carbons (Fsp3) is 1.00.